The van der Waals surface area contributed by atoms with Gasteiger partial charge in [0.1, 0.15) is 4.33 Å². The SMILES string of the molecule is Cc1ccc(C)c(NC(=O)CSC[C@H]2CC2(Cl)Cl)c1. The minimum atomic E-state index is -0.545. The van der Waals surface area contributed by atoms with Crippen LogP contribution in [0.25, 0.3) is 0 Å². The van der Waals surface area contributed by atoms with Crippen LogP contribution >= 0.6 is 35.0 Å². The number of carbonyl (C=O) groups excluding carboxylic acids is 1. The van der Waals surface area contributed by atoms with E-state index < -0.39 is 4.33 Å². The molecule has 1 aromatic rings. The molecule has 2 nitrogen and oxygen atoms in total. The molecule has 1 saturated carbocycles. The number of hydrogen-bond donors (Lipinski definition) is 1. The molecule has 1 aromatic carbocycles. The quantitative estimate of drug-likeness (QED) is 0.826. The minimum Gasteiger partial charge on any atom is -0.325 e. The fourth-order valence-corrected chi connectivity index (χ4v) is 3.57. The Morgan fingerprint density at radius 1 is 1.47 bits per heavy atom. The number of anilines is 1. The number of halogens is 2. The standard InChI is InChI=1S/C14H17Cl2NOS/c1-9-3-4-10(2)12(5-9)17-13(18)8-19-7-11-6-14(11,15)16/h3-5,11H,6-8H2,1-2H3,(H,17,18)/t11-/m1/s1. The molecular weight excluding hydrogens is 301 g/mol. The molecule has 19 heavy (non-hydrogen) atoms. The molecule has 0 radical (unpaired) electrons. The molecule has 0 bridgehead atoms. The summed E-state index contributed by atoms with van der Waals surface area (Å²) in [5, 5.41) is 2.94. The van der Waals surface area contributed by atoms with Gasteiger partial charge in [0.25, 0.3) is 0 Å². The third-order valence-electron chi connectivity index (χ3n) is 3.18. The zero-order valence-electron chi connectivity index (χ0n) is 11.0. The molecule has 0 spiro atoms. The Hall–Kier alpha value is -0.380. The highest BCUT2D eigenvalue weighted by Crippen LogP contribution is 2.54. The third kappa shape index (κ3) is 4.30. The van der Waals surface area contributed by atoms with Crippen LogP contribution in [0.15, 0.2) is 18.2 Å². The number of aryl methyl sites for hydroxylation is 2. The molecule has 5 heteroatoms. The van der Waals surface area contributed by atoms with Gasteiger partial charge in [0.05, 0.1) is 5.75 Å². The van der Waals surface area contributed by atoms with Crippen LogP contribution in [-0.4, -0.2) is 21.7 Å². The Balaban J connectivity index is 1.76. The summed E-state index contributed by atoms with van der Waals surface area (Å²) in [7, 11) is 0. The molecule has 1 atom stereocenters. The monoisotopic (exact) mass is 317 g/mol. The number of thioether (sulfide) groups is 1. The lowest BCUT2D eigenvalue weighted by atomic mass is 10.1. The van der Waals surface area contributed by atoms with Gasteiger partial charge in [-0.05, 0) is 43.2 Å². The van der Waals surface area contributed by atoms with Crippen molar-refractivity contribution in [2.24, 2.45) is 5.92 Å². The van der Waals surface area contributed by atoms with E-state index in [1.54, 1.807) is 11.8 Å². The minimum absolute atomic E-state index is 0.0223. The summed E-state index contributed by atoms with van der Waals surface area (Å²) in [6.07, 6.45) is 0.835. The van der Waals surface area contributed by atoms with E-state index in [9.17, 15) is 4.79 Å². The van der Waals surface area contributed by atoms with Gasteiger partial charge in [-0.1, -0.05) is 12.1 Å². The second-order valence-corrected chi connectivity index (χ2v) is 7.62. The summed E-state index contributed by atoms with van der Waals surface area (Å²) in [6.45, 7) is 4.00. The van der Waals surface area contributed by atoms with Gasteiger partial charge in [-0.15, -0.1) is 23.2 Å². The van der Waals surface area contributed by atoms with E-state index in [4.69, 9.17) is 23.2 Å². The molecule has 1 aliphatic carbocycles. The van der Waals surface area contributed by atoms with Crippen molar-refractivity contribution in [3.63, 3.8) is 0 Å². The molecule has 1 aliphatic rings. The number of carbonyl (C=O) groups is 1. The Kier molecular flexibility index (Phi) is 4.70. The Morgan fingerprint density at radius 3 is 2.79 bits per heavy atom. The second-order valence-electron chi connectivity index (χ2n) is 5.04. The van der Waals surface area contributed by atoms with E-state index in [1.165, 1.54) is 0 Å². The molecule has 1 amide bonds. The Labute approximate surface area is 128 Å². The van der Waals surface area contributed by atoms with E-state index in [-0.39, 0.29) is 5.91 Å². The van der Waals surface area contributed by atoms with Crippen molar-refractivity contribution in [3.8, 4) is 0 Å². The molecular formula is C14H17Cl2NOS. The van der Waals surface area contributed by atoms with Gasteiger partial charge in [-0.25, -0.2) is 0 Å². The zero-order valence-corrected chi connectivity index (χ0v) is 13.3. The first-order valence-corrected chi connectivity index (χ1v) is 8.12. The van der Waals surface area contributed by atoms with Crippen LogP contribution in [0.1, 0.15) is 17.5 Å². The molecule has 0 aromatic heterocycles. The predicted octanol–water partition coefficient (Wildman–Crippen LogP) is 4.17. The summed E-state index contributed by atoms with van der Waals surface area (Å²) in [6, 6.07) is 6.03. The first kappa shape index (κ1) is 15.0. The zero-order chi connectivity index (χ0) is 14.0. The molecule has 0 heterocycles. The van der Waals surface area contributed by atoms with Crippen molar-refractivity contribution < 1.29 is 4.79 Å². The summed E-state index contributed by atoms with van der Waals surface area (Å²) in [4.78, 5) is 11.8. The topological polar surface area (TPSA) is 29.1 Å². The molecule has 2 rings (SSSR count). The number of rotatable bonds is 5. The van der Waals surface area contributed by atoms with Crippen molar-refractivity contribution in [3.05, 3.63) is 29.3 Å². The highest BCUT2D eigenvalue weighted by molar-refractivity contribution is 8.00. The summed E-state index contributed by atoms with van der Waals surface area (Å²) in [5.41, 5.74) is 3.10. The second kappa shape index (κ2) is 5.94. The molecule has 0 saturated heterocycles. The van der Waals surface area contributed by atoms with Gasteiger partial charge in [0.15, 0.2) is 0 Å². The molecule has 0 unspecified atom stereocenters. The smallest absolute Gasteiger partial charge is 0.234 e. The van der Waals surface area contributed by atoms with Crippen LogP contribution in [0.4, 0.5) is 5.69 Å². The number of nitrogens with one attached hydrogen (secondary N) is 1. The maximum absolute atomic E-state index is 11.8. The highest BCUT2D eigenvalue weighted by Gasteiger charge is 2.51. The fourth-order valence-electron chi connectivity index (χ4n) is 1.80. The van der Waals surface area contributed by atoms with Gasteiger partial charge < -0.3 is 5.32 Å². The predicted molar refractivity (Wildman–Crippen MR) is 84.4 cm³/mol. The van der Waals surface area contributed by atoms with Crippen molar-refractivity contribution in [1.29, 1.82) is 0 Å². The van der Waals surface area contributed by atoms with Gasteiger partial charge >= 0.3 is 0 Å². The van der Waals surface area contributed by atoms with Gasteiger partial charge in [-0.2, -0.15) is 11.8 Å². The molecule has 104 valence electrons. The lowest BCUT2D eigenvalue weighted by Crippen LogP contribution is -2.15. The van der Waals surface area contributed by atoms with Crippen molar-refractivity contribution in [2.75, 3.05) is 16.8 Å². The lowest BCUT2D eigenvalue weighted by Gasteiger charge is -2.09. The van der Waals surface area contributed by atoms with Crippen LogP contribution in [0, 0.1) is 19.8 Å². The summed E-state index contributed by atoms with van der Waals surface area (Å²) < 4.78 is -0.545. The first-order valence-electron chi connectivity index (χ1n) is 6.21. The highest BCUT2D eigenvalue weighted by atomic mass is 35.5. The van der Waals surface area contributed by atoms with E-state index in [2.05, 4.69) is 5.32 Å². The average Bonchev–Trinajstić information content (AvgIpc) is 2.92. The van der Waals surface area contributed by atoms with E-state index in [1.807, 2.05) is 32.0 Å². The van der Waals surface area contributed by atoms with E-state index >= 15 is 0 Å². The fraction of sp³-hybridized carbons (Fsp3) is 0.500. The summed E-state index contributed by atoms with van der Waals surface area (Å²) >= 11 is 13.5. The van der Waals surface area contributed by atoms with Crippen molar-refractivity contribution >= 4 is 46.6 Å². The number of hydrogen-bond acceptors (Lipinski definition) is 2. The van der Waals surface area contributed by atoms with Gasteiger partial charge in [0.2, 0.25) is 5.91 Å². The lowest BCUT2D eigenvalue weighted by molar-refractivity contribution is -0.113. The average molecular weight is 318 g/mol. The van der Waals surface area contributed by atoms with E-state index in [0.717, 1.165) is 29.0 Å². The van der Waals surface area contributed by atoms with Crippen LogP contribution < -0.4 is 5.32 Å². The molecule has 1 N–H and O–H groups in total. The molecule has 1 fully saturated rings. The van der Waals surface area contributed by atoms with Crippen molar-refractivity contribution in [1.82, 2.24) is 0 Å². The van der Waals surface area contributed by atoms with Gasteiger partial charge in [0, 0.05) is 11.6 Å². The summed E-state index contributed by atoms with van der Waals surface area (Å²) in [5.74, 6) is 1.63. The van der Waals surface area contributed by atoms with Crippen molar-refractivity contribution in [2.45, 2.75) is 24.6 Å². The maximum atomic E-state index is 11.8. The first-order chi connectivity index (χ1) is 8.88. The Morgan fingerprint density at radius 2 is 2.16 bits per heavy atom. The largest absolute Gasteiger partial charge is 0.325 e. The van der Waals surface area contributed by atoms with Crippen LogP contribution in [0.3, 0.4) is 0 Å². The number of benzene rings is 1. The van der Waals surface area contributed by atoms with Crippen LogP contribution in [-0.2, 0) is 4.79 Å². The maximum Gasteiger partial charge on any atom is 0.234 e. The number of alkyl halides is 2. The normalized spacial score (nSPS) is 20.1. The molecule has 0 aliphatic heterocycles. The number of amides is 1. The van der Waals surface area contributed by atoms with E-state index in [0.29, 0.717) is 11.7 Å². The Bertz CT molecular complexity index is 490. The van der Waals surface area contributed by atoms with Crippen LogP contribution in [0.5, 0.6) is 0 Å². The third-order valence-corrected chi connectivity index (χ3v) is 5.21. The van der Waals surface area contributed by atoms with Gasteiger partial charge in [-0.3, -0.25) is 4.79 Å². The van der Waals surface area contributed by atoms with Crippen LogP contribution in [0.2, 0.25) is 0 Å².